The van der Waals surface area contributed by atoms with Crippen molar-refractivity contribution in [3.05, 3.63) is 108 Å². The molecule has 5 nitrogen and oxygen atoms in total. The number of hydrogen-bond acceptors (Lipinski definition) is 3. The van der Waals surface area contributed by atoms with E-state index in [0.717, 1.165) is 36.0 Å². The molecule has 2 aliphatic heterocycles. The van der Waals surface area contributed by atoms with Gasteiger partial charge in [0, 0.05) is 19.5 Å². The fourth-order valence-corrected chi connectivity index (χ4v) is 7.14. The largest absolute Gasteiger partial charge is 0.329 e. The van der Waals surface area contributed by atoms with Gasteiger partial charge in [-0.3, -0.25) is 9.59 Å². The lowest BCUT2D eigenvalue weighted by Crippen LogP contribution is -2.53. The zero-order valence-electron chi connectivity index (χ0n) is 24.3. The zero-order chi connectivity index (χ0) is 28.9. The van der Waals surface area contributed by atoms with Crippen molar-refractivity contribution < 1.29 is 9.59 Å². The van der Waals surface area contributed by atoms with Crippen LogP contribution in [0.4, 0.5) is 0 Å². The Morgan fingerprint density at radius 2 is 1.46 bits per heavy atom. The molecule has 5 heteroatoms. The average Bonchev–Trinajstić information content (AvgIpc) is 3.58. The quantitative estimate of drug-likeness (QED) is 0.256. The maximum Gasteiger partial charge on any atom is 0.249 e. The molecular formula is C36H41N3O2. The molecule has 1 spiro atoms. The Kier molecular flexibility index (Phi) is 8.59. The fraction of sp³-hybridized carbons (Fsp3) is 0.417. The number of benzene rings is 3. The molecule has 2 atom stereocenters. The van der Waals surface area contributed by atoms with Gasteiger partial charge in [0.1, 0.15) is 5.54 Å². The molecule has 0 radical (unpaired) electrons. The molecule has 0 aliphatic carbocycles. The van der Waals surface area contributed by atoms with Crippen molar-refractivity contribution in [1.82, 2.24) is 9.80 Å². The Hall–Kier alpha value is -3.91. The van der Waals surface area contributed by atoms with E-state index in [1.165, 1.54) is 0 Å². The molecule has 0 saturated carbocycles. The number of carbonyl (C=O) groups is 2. The van der Waals surface area contributed by atoms with Crippen LogP contribution >= 0.6 is 0 Å². The first kappa shape index (κ1) is 28.6. The molecule has 3 aromatic carbocycles. The third-order valence-electron chi connectivity index (χ3n) is 9.44. The van der Waals surface area contributed by atoms with Gasteiger partial charge >= 0.3 is 0 Å². The second-order valence-electron chi connectivity index (χ2n) is 12.0. The summed E-state index contributed by atoms with van der Waals surface area (Å²) in [4.78, 5) is 31.8. The van der Waals surface area contributed by atoms with Crippen LogP contribution in [0.1, 0.15) is 81.5 Å². The predicted molar refractivity (Wildman–Crippen MR) is 162 cm³/mol. The number of likely N-dealkylation sites (tertiary alicyclic amines) is 2. The second kappa shape index (κ2) is 12.3. The molecule has 41 heavy (non-hydrogen) atoms. The zero-order valence-corrected chi connectivity index (χ0v) is 24.3. The van der Waals surface area contributed by atoms with E-state index in [1.54, 1.807) is 0 Å². The summed E-state index contributed by atoms with van der Waals surface area (Å²) in [5.41, 5.74) is 1.92. The van der Waals surface area contributed by atoms with E-state index in [1.807, 2.05) is 76.5 Å². The highest BCUT2D eigenvalue weighted by Gasteiger charge is 2.56. The van der Waals surface area contributed by atoms with Crippen molar-refractivity contribution in [3.63, 3.8) is 0 Å². The van der Waals surface area contributed by atoms with Gasteiger partial charge in [0.05, 0.1) is 17.5 Å². The number of hydrogen-bond donors (Lipinski definition) is 0. The first-order valence-electron chi connectivity index (χ1n) is 15.1. The Balaban J connectivity index is 1.28. The topological polar surface area (TPSA) is 64.4 Å². The summed E-state index contributed by atoms with van der Waals surface area (Å²) in [7, 11) is 0. The van der Waals surface area contributed by atoms with Crippen LogP contribution in [0.2, 0.25) is 0 Å². The standard InChI is InChI=1S/C36H41N3O2/c1-28(2)35(27-37,31-19-10-5-11-20-31)22-13-12-21-32(40)39-25-14-23-36(39)24-26-38(34(36)41)33(29-15-6-3-7-16-29)30-17-8-4-9-18-30/h3-11,15-20,28,33H,12-14,21-26H2,1-2H3. The minimum Gasteiger partial charge on any atom is -0.329 e. The first-order chi connectivity index (χ1) is 19.9. The SMILES string of the molecule is CC(C)C(C#N)(CCCCC(=O)N1CCCC12CCN(C(c1ccccc1)c1ccccc1)C2=O)c1ccccc1. The molecule has 2 unspecified atom stereocenters. The number of nitriles is 1. The van der Waals surface area contributed by atoms with Crippen molar-refractivity contribution in [2.24, 2.45) is 5.92 Å². The molecule has 2 fully saturated rings. The summed E-state index contributed by atoms with van der Waals surface area (Å²) in [5, 5.41) is 10.2. The van der Waals surface area contributed by atoms with Crippen LogP contribution < -0.4 is 0 Å². The number of carbonyl (C=O) groups excluding carboxylic acids is 2. The Morgan fingerprint density at radius 3 is 2.02 bits per heavy atom. The van der Waals surface area contributed by atoms with Gasteiger partial charge in [-0.15, -0.1) is 0 Å². The summed E-state index contributed by atoms with van der Waals surface area (Å²) < 4.78 is 0. The molecule has 2 heterocycles. The van der Waals surface area contributed by atoms with Gasteiger partial charge in [-0.05, 0) is 54.7 Å². The third kappa shape index (κ3) is 5.40. The Labute approximate surface area is 244 Å². The maximum atomic E-state index is 14.3. The average molecular weight is 548 g/mol. The summed E-state index contributed by atoms with van der Waals surface area (Å²) >= 11 is 0. The molecule has 5 rings (SSSR count). The number of amides is 2. The van der Waals surface area contributed by atoms with Gasteiger partial charge in [0.25, 0.3) is 0 Å². The van der Waals surface area contributed by atoms with E-state index in [9.17, 15) is 14.9 Å². The smallest absolute Gasteiger partial charge is 0.249 e. The summed E-state index contributed by atoms with van der Waals surface area (Å²) in [6.07, 6.45) is 4.87. The lowest BCUT2D eigenvalue weighted by atomic mass is 9.69. The van der Waals surface area contributed by atoms with Crippen molar-refractivity contribution >= 4 is 11.8 Å². The van der Waals surface area contributed by atoms with Gasteiger partial charge in [-0.25, -0.2) is 0 Å². The maximum absolute atomic E-state index is 14.3. The molecule has 2 amide bonds. The Bertz CT molecular complexity index is 1330. The summed E-state index contributed by atoms with van der Waals surface area (Å²) in [6, 6.07) is 32.9. The van der Waals surface area contributed by atoms with E-state index in [0.29, 0.717) is 38.8 Å². The fourth-order valence-electron chi connectivity index (χ4n) is 7.14. The van der Waals surface area contributed by atoms with Gasteiger partial charge in [-0.1, -0.05) is 111 Å². The van der Waals surface area contributed by atoms with E-state index in [4.69, 9.17) is 0 Å². The summed E-state index contributed by atoms with van der Waals surface area (Å²) in [6.45, 7) is 5.47. The van der Waals surface area contributed by atoms with E-state index in [-0.39, 0.29) is 23.8 Å². The summed E-state index contributed by atoms with van der Waals surface area (Å²) in [5.74, 6) is 0.311. The van der Waals surface area contributed by atoms with Crippen LogP contribution in [-0.4, -0.2) is 40.2 Å². The first-order valence-corrected chi connectivity index (χ1v) is 15.1. The molecular weight excluding hydrogens is 506 g/mol. The van der Waals surface area contributed by atoms with Crippen LogP contribution in [0, 0.1) is 17.2 Å². The van der Waals surface area contributed by atoms with Crippen LogP contribution in [0.3, 0.4) is 0 Å². The highest BCUT2D eigenvalue weighted by Crippen LogP contribution is 2.44. The van der Waals surface area contributed by atoms with Gasteiger partial charge in [-0.2, -0.15) is 5.26 Å². The van der Waals surface area contributed by atoms with Gasteiger partial charge in [0.15, 0.2) is 0 Å². The minimum absolute atomic E-state index is 0.0699. The highest BCUT2D eigenvalue weighted by molar-refractivity contribution is 5.94. The predicted octanol–water partition coefficient (Wildman–Crippen LogP) is 7.05. The monoisotopic (exact) mass is 547 g/mol. The molecule has 2 aliphatic rings. The van der Waals surface area contributed by atoms with Crippen molar-refractivity contribution in [3.8, 4) is 6.07 Å². The van der Waals surface area contributed by atoms with Gasteiger partial charge in [0.2, 0.25) is 11.8 Å². The van der Waals surface area contributed by atoms with Crippen molar-refractivity contribution in [2.45, 2.75) is 75.8 Å². The molecule has 0 aromatic heterocycles. The molecule has 2 saturated heterocycles. The molecule has 212 valence electrons. The Morgan fingerprint density at radius 1 is 0.878 bits per heavy atom. The lowest BCUT2D eigenvalue weighted by Gasteiger charge is -2.36. The van der Waals surface area contributed by atoms with Gasteiger partial charge < -0.3 is 9.80 Å². The van der Waals surface area contributed by atoms with Crippen LogP contribution in [0.25, 0.3) is 0 Å². The van der Waals surface area contributed by atoms with E-state index in [2.05, 4.69) is 44.2 Å². The normalized spacial score (nSPS) is 20.1. The third-order valence-corrected chi connectivity index (χ3v) is 9.44. The van der Waals surface area contributed by atoms with Crippen LogP contribution in [0.15, 0.2) is 91.0 Å². The van der Waals surface area contributed by atoms with E-state index >= 15 is 0 Å². The minimum atomic E-state index is -0.739. The molecule has 0 N–H and O–H groups in total. The van der Waals surface area contributed by atoms with Crippen molar-refractivity contribution in [2.75, 3.05) is 13.1 Å². The molecule has 3 aromatic rings. The lowest BCUT2D eigenvalue weighted by molar-refractivity contribution is -0.147. The number of nitrogens with zero attached hydrogens (tertiary/aromatic N) is 3. The van der Waals surface area contributed by atoms with E-state index < -0.39 is 11.0 Å². The number of rotatable bonds is 10. The van der Waals surface area contributed by atoms with Crippen LogP contribution in [0.5, 0.6) is 0 Å². The van der Waals surface area contributed by atoms with Crippen molar-refractivity contribution in [1.29, 1.82) is 5.26 Å². The van der Waals surface area contributed by atoms with Crippen LogP contribution in [-0.2, 0) is 15.0 Å². The highest BCUT2D eigenvalue weighted by atomic mass is 16.2. The molecule has 0 bridgehead atoms. The number of unbranched alkanes of at least 4 members (excludes halogenated alkanes) is 1. The second-order valence-corrected chi connectivity index (χ2v) is 12.0.